The van der Waals surface area contributed by atoms with E-state index in [-0.39, 0.29) is 0 Å². The summed E-state index contributed by atoms with van der Waals surface area (Å²) in [5.74, 6) is 0.781. The molecular weight excluding hydrogens is 170 g/mol. The Bertz CT molecular complexity index is 311. The van der Waals surface area contributed by atoms with Gasteiger partial charge in [-0.25, -0.2) is 4.99 Å². The highest BCUT2D eigenvalue weighted by atomic mass is 32.1. The van der Waals surface area contributed by atoms with E-state index >= 15 is 0 Å². The van der Waals surface area contributed by atoms with Crippen molar-refractivity contribution in [1.29, 1.82) is 0 Å². The van der Waals surface area contributed by atoms with Crippen molar-refractivity contribution in [2.24, 2.45) is 4.99 Å². The van der Waals surface area contributed by atoms with Crippen molar-refractivity contribution in [1.82, 2.24) is 10.2 Å². The number of hydrogen-bond donors (Lipinski definition) is 1. The third-order valence-corrected chi connectivity index (χ3v) is 2.17. The molecule has 2 rings (SSSR count). The van der Waals surface area contributed by atoms with Crippen LogP contribution in [0.15, 0.2) is 34.8 Å². The number of aromatic amines is 1. The lowest BCUT2D eigenvalue weighted by atomic mass is 10.5. The van der Waals surface area contributed by atoms with Gasteiger partial charge in [-0.15, -0.1) is 11.3 Å². The Morgan fingerprint density at radius 3 is 3.17 bits per heavy atom. The maximum atomic E-state index is 4.18. The van der Waals surface area contributed by atoms with Gasteiger partial charge < -0.3 is 0 Å². The van der Waals surface area contributed by atoms with E-state index in [1.807, 2.05) is 29.8 Å². The van der Waals surface area contributed by atoms with E-state index in [0.29, 0.717) is 0 Å². The van der Waals surface area contributed by atoms with Gasteiger partial charge in [0.05, 0.1) is 6.20 Å². The molecule has 0 aliphatic carbocycles. The highest BCUT2D eigenvalue weighted by molar-refractivity contribution is 7.11. The first kappa shape index (κ1) is 7.24. The Morgan fingerprint density at radius 2 is 2.50 bits per heavy atom. The molecule has 0 radical (unpaired) electrons. The zero-order chi connectivity index (χ0) is 8.23. The van der Waals surface area contributed by atoms with Crippen LogP contribution in [0.4, 0.5) is 5.82 Å². The zero-order valence-electron chi connectivity index (χ0n) is 6.27. The maximum Gasteiger partial charge on any atom is 0.147 e. The molecule has 3 nitrogen and oxygen atoms in total. The summed E-state index contributed by atoms with van der Waals surface area (Å²) >= 11 is 1.66. The predicted octanol–water partition coefficient (Wildman–Crippen LogP) is 2.22. The Labute approximate surface area is 73.8 Å². The molecule has 60 valence electrons. The van der Waals surface area contributed by atoms with Crippen molar-refractivity contribution in [3.63, 3.8) is 0 Å². The van der Waals surface area contributed by atoms with E-state index < -0.39 is 0 Å². The van der Waals surface area contributed by atoms with Crippen LogP contribution in [0, 0.1) is 0 Å². The van der Waals surface area contributed by atoms with Crippen LogP contribution < -0.4 is 0 Å². The van der Waals surface area contributed by atoms with Gasteiger partial charge in [-0.05, 0) is 11.4 Å². The summed E-state index contributed by atoms with van der Waals surface area (Å²) in [6, 6.07) is 5.84. The molecule has 0 bridgehead atoms. The largest absolute Gasteiger partial charge is 0.261 e. The van der Waals surface area contributed by atoms with E-state index in [4.69, 9.17) is 0 Å². The van der Waals surface area contributed by atoms with Crippen LogP contribution in [0.3, 0.4) is 0 Å². The van der Waals surface area contributed by atoms with Gasteiger partial charge in [-0.3, -0.25) is 5.10 Å². The first-order valence-corrected chi connectivity index (χ1v) is 4.40. The van der Waals surface area contributed by atoms with Crippen molar-refractivity contribution in [3.05, 3.63) is 34.7 Å². The molecule has 0 saturated carbocycles. The van der Waals surface area contributed by atoms with Crippen molar-refractivity contribution < 1.29 is 0 Å². The zero-order valence-corrected chi connectivity index (χ0v) is 7.08. The molecule has 0 spiro atoms. The minimum absolute atomic E-state index is 0.781. The van der Waals surface area contributed by atoms with Gasteiger partial charge in [-0.2, -0.15) is 5.10 Å². The Morgan fingerprint density at radius 1 is 1.50 bits per heavy atom. The lowest BCUT2D eigenvalue weighted by Gasteiger charge is -1.82. The van der Waals surface area contributed by atoms with Crippen molar-refractivity contribution in [2.45, 2.75) is 0 Å². The normalized spacial score (nSPS) is 11.0. The van der Waals surface area contributed by atoms with Crippen molar-refractivity contribution in [2.75, 3.05) is 0 Å². The average Bonchev–Trinajstić information content (AvgIpc) is 2.74. The predicted molar refractivity (Wildman–Crippen MR) is 50.2 cm³/mol. The molecule has 2 aromatic heterocycles. The lowest BCUT2D eigenvalue weighted by molar-refractivity contribution is 1.08. The summed E-state index contributed by atoms with van der Waals surface area (Å²) in [6.45, 7) is 0. The Balaban J connectivity index is 2.14. The molecule has 2 aromatic rings. The molecule has 0 aromatic carbocycles. The van der Waals surface area contributed by atoms with Gasteiger partial charge in [-0.1, -0.05) is 6.07 Å². The number of nitrogens with one attached hydrogen (secondary N) is 1. The van der Waals surface area contributed by atoms with Crippen LogP contribution in [-0.4, -0.2) is 16.4 Å². The summed E-state index contributed by atoms with van der Waals surface area (Å²) in [4.78, 5) is 5.32. The van der Waals surface area contributed by atoms with Gasteiger partial charge in [0, 0.05) is 17.2 Å². The van der Waals surface area contributed by atoms with E-state index in [1.165, 1.54) is 0 Å². The molecule has 0 atom stereocenters. The summed E-state index contributed by atoms with van der Waals surface area (Å²) in [5, 5.41) is 8.57. The standard InChI is InChI=1S/C8H7N3S/c1-2-7(12-5-1)6-9-8-3-4-10-11-8/h1-6H,(H,10,11). The van der Waals surface area contributed by atoms with Gasteiger partial charge in [0.2, 0.25) is 0 Å². The van der Waals surface area contributed by atoms with Gasteiger partial charge >= 0.3 is 0 Å². The SMILES string of the molecule is C(=Nc1ccn[nH]1)c1cccs1. The summed E-state index contributed by atoms with van der Waals surface area (Å²) in [6.07, 6.45) is 3.50. The molecule has 12 heavy (non-hydrogen) atoms. The molecule has 2 heterocycles. The third-order valence-electron chi connectivity index (χ3n) is 1.36. The number of aromatic nitrogens is 2. The number of aliphatic imine (C=N–C) groups is 1. The summed E-state index contributed by atoms with van der Waals surface area (Å²) in [5.41, 5.74) is 0. The minimum Gasteiger partial charge on any atom is -0.261 e. The molecule has 1 N–H and O–H groups in total. The van der Waals surface area contributed by atoms with Crippen molar-refractivity contribution in [3.8, 4) is 0 Å². The van der Waals surface area contributed by atoms with E-state index in [1.54, 1.807) is 17.5 Å². The Hall–Kier alpha value is -1.42. The minimum atomic E-state index is 0.781. The molecule has 0 fully saturated rings. The van der Waals surface area contributed by atoms with Crippen LogP contribution in [0.1, 0.15) is 4.88 Å². The van der Waals surface area contributed by atoms with Crippen LogP contribution >= 0.6 is 11.3 Å². The molecule has 0 aliphatic heterocycles. The summed E-state index contributed by atoms with van der Waals surface area (Å²) < 4.78 is 0. The van der Waals surface area contributed by atoms with Gasteiger partial charge in [0.15, 0.2) is 0 Å². The first-order chi connectivity index (χ1) is 5.95. The molecule has 0 saturated heterocycles. The molecule has 4 heteroatoms. The molecular formula is C8H7N3S. The number of rotatable bonds is 2. The highest BCUT2D eigenvalue weighted by Crippen LogP contribution is 2.08. The van der Waals surface area contributed by atoms with Gasteiger partial charge in [0.1, 0.15) is 5.82 Å². The quantitative estimate of drug-likeness (QED) is 0.702. The first-order valence-electron chi connectivity index (χ1n) is 3.52. The molecule has 0 unspecified atom stereocenters. The van der Waals surface area contributed by atoms with Gasteiger partial charge in [0.25, 0.3) is 0 Å². The second-order valence-corrected chi connectivity index (χ2v) is 3.19. The van der Waals surface area contributed by atoms with Crippen LogP contribution in [0.5, 0.6) is 0 Å². The fraction of sp³-hybridized carbons (Fsp3) is 0. The second kappa shape index (κ2) is 3.32. The van der Waals surface area contributed by atoms with Crippen LogP contribution in [0.2, 0.25) is 0 Å². The van der Waals surface area contributed by atoms with E-state index in [9.17, 15) is 0 Å². The van der Waals surface area contributed by atoms with Crippen molar-refractivity contribution >= 4 is 23.4 Å². The third kappa shape index (κ3) is 1.60. The second-order valence-electron chi connectivity index (χ2n) is 2.22. The lowest BCUT2D eigenvalue weighted by Crippen LogP contribution is -1.71. The maximum absolute atomic E-state index is 4.18. The monoisotopic (exact) mass is 177 g/mol. The fourth-order valence-electron chi connectivity index (χ4n) is 0.818. The average molecular weight is 177 g/mol. The smallest absolute Gasteiger partial charge is 0.147 e. The van der Waals surface area contributed by atoms with Crippen LogP contribution in [0.25, 0.3) is 0 Å². The number of H-pyrrole nitrogens is 1. The van der Waals surface area contributed by atoms with E-state index in [0.717, 1.165) is 10.7 Å². The topological polar surface area (TPSA) is 41.0 Å². The van der Waals surface area contributed by atoms with Crippen LogP contribution in [-0.2, 0) is 0 Å². The fourth-order valence-corrected chi connectivity index (χ4v) is 1.40. The molecule has 0 amide bonds. The number of hydrogen-bond acceptors (Lipinski definition) is 3. The van der Waals surface area contributed by atoms with E-state index in [2.05, 4.69) is 15.2 Å². The Kier molecular flexibility index (Phi) is 2.00. The summed E-state index contributed by atoms with van der Waals surface area (Å²) in [7, 11) is 0. The number of nitrogens with zero attached hydrogens (tertiary/aromatic N) is 2. The molecule has 0 aliphatic rings. The highest BCUT2D eigenvalue weighted by Gasteiger charge is 1.88. The number of thiophene rings is 1.